The molecule has 0 amide bonds. The minimum absolute atomic E-state index is 0.0822. The molecule has 3 heteroatoms. The summed E-state index contributed by atoms with van der Waals surface area (Å²) in [6.45, 7) is 7.58. The van der Waals surface area contributed by atoms with E-state index in [-0.39, 0.29) is 5.82 Å². The lowest BCUT2D eigenvalue weighted by molar-refractivity contribution is 0.194. The smallest absolute Gasteiger partial charge is 0.128 e. The van der Waals surface area contributed by atoms with E-state index < -0.39 is 0 Å². The lowest BCUT2D eigenvalue weighted by Crippen LogP contribution is -2.56. The molecule has 0 radical (unpaired) electrons. The number of hydrogen-bond acceptors (Lipinski definition) is 2. The normalized spacial score (nSPS) is 27.6. The lowest BCUT2D eigenvalue weighted by atomic mass is 10.0. The highest BCUT2D eigenvalue weighted by Gasteiger charge is 2.36. The summed E-state index contributed by atoms with van der Waals surface area (Å²) < 4.78 is 13.8. The van der Waals surface area contributed by atoms with Crippen LogP contribution < -0.4 is 4.90 Å². The maximum absolute atomic E-state index is 13.8. The van der Waals surface area contributed by atoms with Crippen LogP contribution in [0.15, 0.2) is 18.2 Å². The summed E-state index contributed by atoms with van der Waals surface area (Å²) in [5, 5.41) is 0. The molecule has 2 aliphatic heterocycles. The second-order valence-electron chi connectivity index (χ2n) is 5.89. The van der Waals surface area contributed by atoms with Crippen molar-refractivity contribution in [1.29, 1.82) is 0 Å². The van der Waals surface area contributed by atoms with Crippen molar-refractivity contribution in [1.82, 2.24) is 4.90 Å². The first-order chi connectivity index (χ1) is 9.20. The Bertz CT molecular complexity index is 460. The predicted molar refractivity (Wildman–Crippen MR) is 77.2 cm³/mol. The molecule has 1 aromatic rings. The van der Waals surface area contributed by atoms with Gasteiger partial charge in [0, 0.05) is 36.4 Å². The van der Waals surface area contributed by atoms with E-state index in [1.807, 2.05) is 13.0 Å². The third kappa shape index (κ3) is 2.25. The third-order valence-electron chi connectivity index (χ3n) is 4.81. The first kappa shape index (κ1) is 12.9. The molecule has 104 valence electrons. The lowest BCUT2D eigenvalue weighted by Gasteiger charge is -2.45. The van der Waals surface area contributed by atoms with Crippen LogP contribution in [0.4, 0.5) is 10.1 Å². The van der Waals surface area contributed by atoms with E-state index in [0.29, 0.717) is 12.1 Å². The van der Waals surface area contributed by atoms with E-state index in [9.17, 15) is 4.39 Å². The Kier molecular flexibility index (Phi) is 3.48. The van der Waals surface area contributed by atoms with Crippen molar-refractivity contribution in [2.45, 2.75) is 45.2 Å². The van der Waals surface area contributed by atoms with Crippen LogP contribution in [0.1, 0.15) is 31.7 Å². The Balaban J connectivity index is 1.91. The van der Waals surface area contributed by atoms with E-state index in [1.165, 1.54) is 19.4 Å². The Morgan fingerprint density at radius 3 is 2.95 bits per heavy atom. The maximum Gasteiger partial charge on any atom is 0.128 e. The Labute approximate surface area is 115 Å². The molecule has 2 fully saturated rings. The van der Waals surface area contributed by atoms with Gasteiger partial charge in [-0.1, -0.05) is 13.0 Å². The highest BCUT2D eigenvalue weighted by atomic mass is 19.1. The molecule has 0 N–H and O–H groups in total. The number of rotatable bonds is 2. The van der Waals surface area contributed by atoms with Gasteiger partial charge in [0.25, 0.3) is 0 Å². The van der Waals surface area contributed by atoms with E-state index in [1.54, 1.807) is 6.07 Å². The van der Waals surface area contributed by atoms with Gasteiger partial charge >= 0.3 is 0 Å². The molecule has 2 aliphatic rings. The topological polar surface area (TPSA) is 6.48 Å². The standard InChI is InChI=1S/C16H23FN2/c1-3-13-10-18-9-5-6-14(18)11-19(13)16-8-4-7-15(17)12(16)2/h4,7-8,13-14H,3,5-6,9-11H2,1-2H3. The van der Waals surface area contributed by atoms with E-state index in [0.717, 1.165) is 30.8 Å². The molecule has 19 heavy (non-hydrogen) atoms. The number of fused-ring (bicyclic) bond motifs is 1. The molecule has 2 atom stereocenters. The van der Waals surface area contributed by atoms with Crippen molar-refractivity contribution in [2.75, 3.05) is 24.5 Å². The van der Waals surface area contributed by atoms with Crippen molar-refractivity contribution >= 4 is 5.69 Å². The average Bonchev–Trinajstić information content (AvgIpc) is 2.87. The second-order valence-corrected chi connectivity index (χ2v) is 5.89. The van der Waals surface area contributed by atoms with E-state index in [2.05, 4.69) is 22.8 Å². The van der Waals surface area contributed by atoms with Crippen LogP contribution >= 0.6 is 0 Å². The van der Waals surface area contributed by atoms with Crippen molar-refractivity contribution in [3.63, 3.8) is 0 Å². The largest absolute Gasteiger partial charge is 0.365 e. The van der Waals surface area contributed by atoms with Gasteiger partial charge in [-0.2, -0.15) is 0 Å². The van der Waals surface area contributed by atoms with Crippen LogP contribution in [-0.2, 0) is 0 Å². The SMILES string of the molecule is CCC1CN2CCCC2CN1c1cccc(F)c1C. The maximum atomic E-state index is 13.8. The van der Waals surface area contributed by atoms with Gasteiger partial charge in [-0.3, -0.25) is 4.90 Å². The molecule has 2 heterocycles. The molecular formula is C16H23FN2. The molecule has 0 aromatic heterocycles. The van der Waals surface area contributed by atoms with Gasteiger partial charge in [-0.05, 0) is 44.9 Å². The number of benzene rings is 1. The fraction of sp³-hybridized carbons (Fsp3) is 0.625. The van der Waals surface area contributed by atoms with Gasteiger partial charge in [0.15, 0.2) is 0 Å². The summed E-state index contributed by atoms with van der Waals surface area (Å²) in [6.07, 6.45) is 3.73. The first-order valence-corrected chi connectivity index (χ1v) is 7.46. The molecule has 0 bridgehead atoms. The predicted octanol–water partition coefficient (Wildman–Crippen LogP) is 3.20. The monoisotopic (exact) mass is 262 g/mol. The quantitative estimate of drug-likeness (QED) is 0.807. The van der Waals surface area contributed by atoms with Crippen LogP contribution in [0.25, 0.3) is 0 Å². The minimum Gasteiger partial charge on any atom is -0.365 e. The van der Waals surface area contributed by atoms with Crippen molar-refractivity contribution in [3.05, 3.63) is 29.6 Å². The molecule has 3 rings (SSSR count). The average molecular weight is 262 g/mol. The molecule has 2 unspecified atom stereocenters. The highest BCUT2D eigenvalue weighted by Crippen LogP contribution is 2.32. The van der Waals surface area contributed by atoms with Crippen LogP contribution in [0.3, 0.4) is 0 Å². The van der Waals surface area contributed by atoms with Crippen LogP contribution in [0.5, 0.6) is 0 Å². The van der Waals surface area contributed by atoms with Gasteiger partial charge in [-0.15, -0.1) is 0 Å². The molecule has 2 saturated heterocycles. The van der Waals surface area contributed by atoms with Crippen LogP contribution in [0, 0.1) is 12.7 Å². The summed E-state index contributed by atoms with van der Waals surface area (Å²) in [5.41, 5.74) is 1.89. The van der Waals surface area contributed by atoms with Gasteiger partial charge in [0.05, 0.1) is 0 Å². The van der Waals surface area contributed by atoms with Crippen LogP contribution in [0.2, 0.25) is 0 Å². The van der Waals surface area contributed by atoms with Crippen molar-refractivity contribution < 1.29 is 4.39 Å². The number of hydrogen-bond donors (Lipinski definition) is 0. The van der Waals surface area contributed by atoms with E-state index >= 15 is 0 Å². The number of piperazine rings is 1. The van der Waals surface area contributed by atoms with Crippen molar-refractivity contribution in [3.8, 4) is 0 Å². The summed E-state index contributed by atoms with van der Waals surface area (Å²) in [7, 11) is 0. The fourth-order valence-electron chi connectivity index (χ4n) is 3.64. The summed E-state index contributed by atoms with van der Waals surface area (Å²) in [4.78, 5) is 5.07. The fourth-order valence-corrected chi connectivity index (χ4v) is 3.64. The highest BCUT2D eigenvalue weighted by molar-refractivity contribution is 5.55. The number of anilines is 1. The molecule has 0 aliphatic carbocycles. The summed E-state index contributed by atoms with van der Waals surface area (Å²) >= 11 is 0. The minimum atomic E-state index is -0.0822. The molecule has 2 nitrogen and oxygen atoms in total. The van der Waals surface area contributed by atoms with Gasteiger partial charge in [-0.25, -0.2) is 4.39 Å². The summed E-state index contributed by atoms with van der Waals surface area (Å²) in [6, 6.07) is 6.67. The Morgan fingerprint density at radius 1 is 1.32 bits per heavy atom. The zero-order chi connectivity index (χ0) is 13.4. The number of nitrogens with zero attached hydrogens (tertiary/aromatic N) is 2. The molecule has 0 saturated carbocycles. The van der Waals surface area contributed by atoms with Gasteiger partial charge < -0.3 is 4.90 Å². The molecular weight excluding hydrogens is 239 g/mol. The van der Waals surface area contributed by atoms with Gasteiger partial charge in [0.1, 0.15) is 5.82 Å². The Hall–Kier alpha value is -1.09. The summed E-state index contributed by atoms with van der Waals surface area (Å²) in [5.74, 6) is -0.0822. The molecule has 0 spiro atoms. The Morgan fingerprint density at radius 2 is 2.16 bits per heavy atom. The zero-order valence-corrected chi connectivity index (χ0v) is 11.9. The molecule has 1 aromatic carbocycles. The number of halogens is 1. The third-order valence-corrected chi connectivity index (χ3v) is 4.81. The van der Waals surface area contributed by atoms with Gasteiger partial charge in [0.2, 0.25) is 0 Å². The van der Waals surface area contributed by atoms with Crippen LogP contribution in [-0.4, -0.2) is 36.6 Å². The second kappa shape index (κ2) is 5.12. The first-order valence-electron chi connectivity index (χ1n) is 7.46. The van der Waals surface area contributed by atoms with Crippen molar-refractivity contribution in [2.24, 2.45) is 0 Å². The van der Waals surface area contributed by atoms with E-state index in [4.69, 9.17) is 0 Å². The zero-order valence-electron chi connectivity index (χ0n) is 11.9.